The predicted molar refractivity (Wildman–Crippen MR) is 63.0 cm³/mol. The third-order valence-corrected chi connectivity index (χ3v) is 2.99. The van der Waals surface area contributed by atoms with E-state index in [9.17, 15) is 13.9 Å². The molecule has 1 N–H and O–H groups in total. The molecule has 4 nitrogen and oxygen atoms in total. The van der Waals surface area contributed by atoms with Crippen molar-refractivity contribution in [2.45, 2.75) is 24.7 Å². The van der Waals surface area contributed by atoms with Crippen LogP contribution in [-0.2, 0) is 9.47 Å². The molecule has 0 aromatic heterocycles. The van der Waals surface area contributed by atoms with E-state index in [1.54, 1.807) is 0 Å². The molecule has 1 aliphatic rings. The first-order valence-corrected chi connectivity index (χ1v) is 6.02. The van der Waals surface area contributed by atoms with Gasteiger partial charge in [-0.15, -0.1) is 0 Å². The highest BCUT2D eigenvalue weighted by Gasteiger charge is 2.43. The summed E-state index contributed by atoms with van der Waals surface area (Å²) in [5, 5.41) is 9.57. The number of hydrogen-bond donors (Lipinski definition) is 1. The SMILES string of the molecule is COCCOC1C(O)CC1Oc1cc(F)ccc1F. The second-order valence-corrected chi connectivity index (χ2v) is 4.36. The summed E-state index contributed by atoms with van der Waals surface area (Å²) in [6.45, 7) is 0.702. The van der Waals surface area contributed by atoms with Gasteiger partial charge in [-0.2, -0.15) is 0 Å². The monoisotopic (exact) mass is 274 g/mol. The van der Waals surface area contributed by atoms with Crippen molar-refractivity contribution in [3.63, 3.8) is 0 Å². The lowest BCUT2D eigenvalue weighted by Gasteiger charge is -2.40. The number of rotatable bonds is 6. The van der Waals surface area contributed by atoms with Gasteiger partial charge < -0.3 is 19.3 Å². The van der Waals surface area contributed by atoms with Crippen LogP contribution in [0, 0.1) is 11.6 Å². The molecule has 0 bridgehead atoms. The maximum Gasteiger partial charge on any atom is 0.165 e. The van der Waals surface area contributed by atoms with E-state index in [0.29, 0.717) is 19.6 Å². The highest BCUT2D eigenvalue weighted by molar-refractivity contribution is 5.25. The van der Waals surface area contributed by atoms with Crippen LogP contribution in [0.1, 0.15) is 6.42 Å². The lowest BCUT2D eigenvalue weighted by atomic mass is 9.88. The van der Waals surface area contributed by atoms with Crippen molar-refractivity contribution in [3.8, 4) is 5.75 Å². The molecule has 2 rings (SSSR count). The Balaban J connectivity index is 1.93. The highest BCUT2D eigenvalue weighted by atomic mass is 19.1. The van der Waals surface area contributed by atoms with Gasteiger partial charge in [-0.25, -0.2) is 8.78 Å². The molecule has 0 heterocycles. The third-order valence-electron chi connectivity index (χ3n) is 2.99. The van der Waals surface area contributed by atoms with Gasteiger partial charge in [-0.3, -0.25) is 0 Å². The maximum absolute atomic E-state index is 13.4. The molecule has 1 aromatic carbocycles. The van der Waals surface area contributed by atoms with Crippen LogP contribution in [0.4, 0.5) is 8.78 Å². The summed E-state index contributed by atoms with van der Waals surface area (Å²) in [6.07, 6.45) is -1.35. The fourth-order valence-corrected chi connectivity index (χ4v) is 1.89. The van der Waals surface area contributed by atoms with Gasteiger partial charge >= 0.3 is 0 Å². The van der Waals surface area contributed by atoms with Crippen LogP contribution in [0.5, 0.6) is 5.75 Å². The second-order valence-electron chi connectivity index (χ2n) is 4.36. The largest absolute Gasteiger partial charge is 0.484 e. The minimum atomic E-state index is -0.654. The Morgan fingerprint density at radius 3 is 2.79 bits per heavy atom. The topological polar surface area (TPSA) is 47.9 Å². The van der Waals surface area contributed by atoms with E-state index in [1.807, 2.05) is 0 Å². The zero-order valence-electron chi connectivity index (χ0n) is 10.5. The fourth-order valence-electron chi connectivity index (χ4n) is 1.89. The van der Waals surface area contributed by atoms with Crippen LogP contribution in [0.15, 0.2) is 18.2 Å². The van der Waals surface area contributed by atoms with Crippen LogP contribution in [-0.4, -0.2) is 43.7 Å². The first kappa shape index (κ1) is 14.2. The lowest BCUT2D eigenvalue weighted by Crippen LogP contribution is -2.55. The molecule has 19 heavy (non-hydrogen) atoms. The van der Waals surface area contributed by atoms with Crippen LogP contribution < -0.4 is 4.74 Å². The van der Waals surface area contributed by atoms with Crippen molar-refractivity contribution in [1.29, 1.82) is 0 Å². The molecule has 0 radical (unpaired) electrons. The molecule has 1 fully saturated rings. The zero-order valence-corrected chi connectivity index (χ0v) is 10.5. The molecule has 0 saturated heterocycles. The minimum absolute atomic E-state index is 0.169. The molecule has 1 aromatic rings. The summed E-state index contributed by atoms with van der Waals surface area (Å²) in [5.41, 5.74) is 0. The second kappa shape index (κ2) is 6.27. The maximum atomic E-state index is 13.4. The summed E-state index contributed by atoms with van der Waals surface area (Å²) in [7, 11) is 1.54. The summed E-state index contributed by atoms with van der Waals surface area (Å²) >= 11 is 0. The number of halogens is 2. The van der Waals surface area contributed by atoms with Crippen molar-refractivity contribution >= 4 is 0 Å². The van der Waals surface area contributed by atoms with Crippen molar-refractivity contribution < 1.29 is 28.1 Å². The molecule has 0 spiro atoms. The number of hydrogen-bond acceptors (Lipinski definition) is 4. The van der Waals surface area contributed by atoms with E-state index in [0.717, 1.165) is 18.2 Å². The number of benzene rings is 1. The van der Waals surface area contributed by atoms with Gasteiger partial charge in [0.1, 0.15) is 18.0 Å². The van der Waals surface area contributed by atoms with Gasteiger partial charge in [-0.1, -0.05) is 0 Å². The molecular formula is C13H16F2O4. The van der Waals surface area contributed by atoms with Crippen molar-refractivity contribution in [2.24, 2.45) is 0 Å². The first-order chi connectivity index (χ1) is 9.11. The molecule has 106 valence electrons. The number of ether oxygens (including phenoxy) is 3. The van der Waals surface area contributed by atoms with E-state index in [-0.39, 0.29) is 5.75 Å². The molecule has 3 unspecified atom stereocenters. The van der Waals surface area contributed by atoms with Gasteiger partial charge in [0.05, 0.1) is 19.3 Å². The fraction of sp³-hybridized carbons (Fsp3) is 0.538. The predicted octanol–water partition coefficient (Wildman–Crippen LogP) is 1.51. The summed E-state index contributed by atoms with van der Waals surface area (Å²) in [6, 6.07) is 3.00. The van der Waals surface area contributed by atoms with Crippen molar-refractivity contribution in [2.75, 3.05) is 20.3 Å². The van der Waals surface area contributed by atoms with Gasteiger partial charge in [0, 0.05) is 19.6 Å². The number of methoxy groups -OCH3 is 1. The Morgan fingerprint density at radius 1 is 1.32 bits per heavy atom. The van der Waals surface area contributed by atoms with E-state index in [4.69, 9.17) is 14.2 Å². The molecule has 6 heteroatoms. The van der Waals surface area contributed by atoms with E-state index in [1.165, 1.54) is 7.11 Å². The molecule has 1 aliphatic carbocycles. The van der Waals surface area contributed by atoms with E-state index in [2.05, 4.69) is 0 Å². The zero-order chi connectivity index (χ0) is 13.8. The van der Waals surface area contributed by atoms with Gasteiger partial charge in [0.2, 0.25) is 0 Å². The van der Waals surface area contributed by atoms with Crippen LogP contribution in [0.3, 0.4) is 0 Å². The normalized spacial score (nSPS) is 26.0. The Hall–Kier alpha value is -1.24. The molecule has 0 amide bonds. The Bertz CT molecular complexity index is 427. The Kier molecular flexibility index (Phi) is 4.68. The summed E-state index contributed by atoms with van der Waals surface area (Å²) in [5.74, 6) is -1.39. The van der Waals surface area contributed by atoms with E-state index < -0.39 is 29.9 Å². The van der Waals surface area contributed by atoms with E-state index >= 15 is 0 Å². The third kappa shape index (κ3) is 3.40. The first-order valence-electron chi connectivity index (χ1n) is 6.02. The molecular weight excluding hydrogens is 258 g/mol. The average Bonchev–Trinajstić information content (AvgIpc) is 2.38. The quantitative estimate of drug-likeness (QED) is 0.799. The van der Waals surface area contributed by atoms with Crippen molar-refractivity contribution in [1.82, 2.24) is 0 Å². The van der Waals surface area contributed by atoms with Gasteiger partial charge in [0.25, 0.3) is 0 Å². The van der Waals surface area contributed by atoms with Crippen molar-refractivity contribution in [3.05, 3.63) is 29.8 Å². The highest BCUT2D eigenvalue weighted by Crippen LogP contribution is 2.30. The summed E-state index contributed by atoms with van der Waals surface area (Å²) < 4.78 is 41.9. The number of aliphatic hydroxyl groups is 1. The van der Waals surface area contributed by atoms with Crippen LogP contribution in [0.25, 0.3) is 0 Å². The Morgan fingerprint density at radius 2 is 2.11 bits per heavy atom. The molecule has 3 atom stereocenters. The van der Waals surface area contributed by atoms with Crippen LogP contribution >= 0.6 is 0 Å². The lowest BCUT2D eigenvalue weighted by molar-refractivity contribution is -0.167. The van der Waals surface area contributed by atoms with Gasteiger partial charge in [-0.05, 0) is 12.1 Å². The summed E-state index contributed by atoms with van der Waals surface area (Å²) in [4.78, 5) is 0. The standard InChI is InChI=1S/C13H16F2O4/c1-17-4-5-18-13-10(16)7-12(13)19-11-6-8(14)2-3-9(11)15/h2-3,6,10,12-13,16H,4-5,7H2,1H3. The molecule has 1 saturated carbocycles. The minimum Gasteiger partial charge on any atom is -0.484 e. The van der Waals surface area contributed by atoms with Gasteiger partial charge in [0.15, 0.2) is 11.6 Å². The number of aliphatic hydroxyl groups excluding tert-OH is 1. The average molecular weight is 274 g/mol. The smallest absolute Gasteiger partial charge is 0.165 e. The van der Waals surface area contributed by atoms with Crippen LogP contribution in [0.2, 0.25) is 0 Å². The molecule has 0 aliphatic heterocycles. The Labute approximate surface area is 109 Å².